The highest BCUT2D eigenvalue weighted by Gasteiger charge is 2.20. The molecule has 2 heterocycles. The summed E-state index contributed by atoms with van der Waals surface area (Å²) in [6, 6.07) is 12.7. The largest absolute Gasteiger partial charge is 0.490 e. The molecule has 2 aliphatic heterocycles. The highest BCUT2D eigenvalue weighted by Crippen LogP contribution is 2.31. The third-order valence-corrected chi connectivity index (χ3v) is 6.64. The van der Waals surface area contributed by atoms with Gasteiger partial charge in [0.25, 0.3) is 0 Å². The van der Waals surface area contributed by atoms with Crippen LogP contribution in [0.25, 0.3) is 0 Å². The second-order valence-electron chi connectivity index (χ2n) is 7.29. The van der Waals surface area contributed by atoms with Crippen molar-refractivity contribution in [2.24, 2.45) is 0 Å². The molecule has 1 fully saturated rings. The smallest absolute Gasteiger partial charge is 0.241 e. The highest BCUT2D eigenvalue weighted by molar-refractivity contribution is 7.89. The van der Waals surface area contributed by atoms with E-state index in [1.54, 1.807) is 12.1 Å². The zero-order valence-corrected chi connectivity index (χ0v) is 17.2. The normalized spacial score (nSPS) is 17.7. The van der Waals surface area contributed by atoms with Gasteiger partial charge in [0.2, 0.25) is 10.0 Å². The number of quaternary nitrogens is 1. The predicted molar refractivity (Wildman–Crippen MR) is 108 cm³/mol. The number of nitrogens with one attached hydrogen (secondary N) is 2. The fraction of sp³-hybridized carbons (Fsp3) is 0.429. The Morgan fingerprint density at radius 1 is 0.897 bits per heavy atom. The Hall–Kier alpha value is -2.13. The van der Waals surface area contributed by atoms with E-state index in [9.17, 15) is 8.42 Å². The molecule has 0 bridgehead atoms. The minimum absolute atomic E-state index is 0.179. The second-order valence-corrected chi connectivity index (χ2v) is 9.06. The molecule has 2 N–H and O–H groups in total. The van der Waals surface area contributed by atoms with E-state index in [-0.39, 0.29) is 11.4 Å². The van der Waals surface area contributed by atoms with Crippen LogP contribution >= 0.6 is 0 Å². The molecule has 1 saturated heterocycles. The van der Waals surface area contributed by atoms with E-state index in [1.807, 2.05) is 18.2 Å². The van der Waals surface area contributed by atoms with E-state index in [2.05, 4.69) is 10.8 Å². The molecule has 7 nitrogen and oxygen atoms in total. The van der Waals surface area contributed by atoms with Crippen molar-refractivity contribution >= 4 is 10.0 Å². The molecule has 2 aromatic rings. The first-order chi connectivity index (χ1) is 14.1. The lowest BCUT2D eigenvalue weighted by Gasteiger charge is -2.24. The van der Waals surface area contributed by atoms with Gasteiger partial charge in [-0.3, -0.25) is 0 Å². The van der Waals surface area contributed by atoms with Crippen molar-refractivity contribution in [1.82, 2.24) is 4.72 Å². The highest BCUT2D eigenvalue weighted by atomic mass is 32.2. The van der Waals surface area contributed by atoms with E-state index < -0.39 is 10.0 Å². The average Bonchev–Trinajstić information content (AvgIpc) is 2.99. The molecule has 0 unspecified atom stereocenters. The van der Waals surface area contributed by atoms with Gasteiger partial charge in [0.05, 0.1) is 31.3 Å². The summed E-state index contributed by atoms with van der Waals surface area (Å²) >= 11 is 0. The number of hydrogen-bond acceptors (Lipinski definition) is 5. The van der Waals surface area contributed by atoms with Crippen molar-refractivity contribution in [3.05, 3.63) is 53.6 Å². The Morgan fingerprint density at radius 2 is 1.62 bits per heavy atom. The molecule has 0 aliphatic carbocycles. The van der Waals surface area contributed by atoms with Crippen LogP contribution in [0.4, 0.5) is 0 Å². The molecule has 0 amide bonds. The van der Waals surface area contributed by atoms with Crippen molar-refractivity contribution in [2.75, 3.05) is 39.5 Å². The van der Waals surface area contributed by atoms with Gasteiger partial charge in [-0.25, -0.2) is 13.1 Å². The fourth-order valence-corrected chi connectivity index (χ4v) is 4.60. The predicted octanol–water partition coefficient (Wildman–Crippen LogP) is 0.742. The summed E-state index contributed by atoms with van der Waals surface area (Å²) < 4.78 is 45.1. The summed E-state index contributed by atoms with van der Waals surface area (Å²) in [4.78, 5) is 1.63. The maximum atomic E-state index is 12.8. The van der Waals surface area contributed by atoms with E-state index in [1.165, 1.54) is 11.0 Å². The molecule has 8 heteroatoms. The van der Waals surface area contributed by atoms with Crippen molar-refractivity contribution in [3.8, 4) is 11.5 Å². The van der Waals surface area contributed by atoms with Gasteiger partial charge < -0.3 is 19.1 Å². The maximum Gasteiger partial charge on any atom is 0.241 e. The molecule has 2 aliphatic rings. The lowest BCUT2D eigenvalue weighted by Crippen LogP contribution is -3.12. The topological polar surface area (TPSA) is 78.3 Å². The standard InChI is InChI=1S/C21H26N2O5S/c24-29(25,19-6-7-20-21(14-19)28-11-3-10-27-20)22-15-17-4-1-2-5-18(17)16-23-8-12-26-13-9-23/h1-2,4-7,14,22H,3,8-13,15-16H2/p+1. The first-order valence-electron chi connectivity index (χ1n) is 9.99. The molecular weight excluding hydrogens is 392 g/mol. The first kappa shape index (κ1) is 20.2. The van der Waals surface area contributed by atoms with Crippen molar-refractivity contribution < 1.29 is 27.5 Å². The van der Waals surface area contributed by atoms with Crippen LogP contribution in [0.3, 0.4) is 0 Å². The summed E-state index contributed by atoms with van der Waals surface area (Å²) in [7, 11) is -3.67. The number of benzene rings is 2. The molecule has 0 atom stereocenters. The number of rotatable bonds is 6. The van der Waals surface area contributed by atoms with Crippen LogP contribution in [0.5, 0.6) is 11.5 Å². The van der Waals surface area contributed by atoms with Gasteiger partial charge >= 0.3 is 0 Å². The second kappa shape index (κ2) is 9.13. The molecule has 0 aromatic heterocycles. The van der Waals surface area contributed by atoms with Crippen molar-refractivity contribution in [2.45, 2.75) is 24.4 Å². The number of fused-ring (bicyclic) bond motifs is 1. The summed E-state index contributed by atoms with van der Waals surface area (Å²) in [5.41, 5.74) is 2.15. The Labute approximate surface area is 171 Å². The molecule has 156 valence electrons. The van der Waals surface area contributed by atoms with Crippen LogP contribution in [0, 0.1) is 0 Å². The third-order valence-electron chi connectivity index (χ3n) is 5.24. The van der Waals surface area contributed by atoms with Gasteiger partial charge in [-0.15, -0.1) is 0 Å². The summed E-state index contributed by atoms with van der Waals surface area (Å²) in [5, 5.41) is 0. The molecule has 29 heavy (non-hydrogen) atoms. The first-order valence-corrected chi connectivity index (χ1v) is 11.5. The zero-order valence-electron chi connectivity index (χ0n) is 16.4. The monoisotopic (exact) mass is 419 g/mol. The minimum Gasteiger partial charge on any atom is -0.490 e. The molecule has 0 spiro atoms. The summed E-state index contributed by atoms with van der Waals surface area (Å²) in [6.07, 6.45) is 0.775. The van der Waals surface area contributed by atoms with E-state index in [4.69, 9.17) is 14.2 Å². The minimum atomic E-state index is -3.67. The van der Waals surface area contributed by atoms with Crippen molar-refractivity contribution in [1.29, 1.82) is 0 Å². The zero-order chi connectivity index (χ0) is 20.1. The van der Waals surface area contributed by atoms with Gasteiger partial charge in [-0.05, 0) is 17.7 Å². The molecule has 4 rings (SSSR count). The Balaban J connectivity index is 1.46. The number of morpholine rings is 1. The molecule has 0 radical (unpaired) electrons. The molecule has 2 aromatic carbocycles. The van der Waals surface area contributed by atoms with Crippen molar-refractivity contribution in [3.63, 3.8) is 0 Å². The van der Waals surface area contributed by atoms with Gasteiger partial charge in [-0.1, -0.05) is 24.3 Å². The van der Waals surface area contributed by atoms with Crippen LogP contribution < -0.4 is 19.1 Å². The fourth-order valence-electron chi connectivity index (χ4n) is 3.58. The quantitative estimate of drug-likeness (QED) is 0.722. The van der Waals surface area contributed by atoms with Gasteiger partial charge in [0.15, 0.2) is 11.5 Å². The van der Waals surface area contributed by atoms with Gasteiger partial charge in [-0.2, -0.15) is 0 Å². The van der Waals surface area contributed by atoms with E-state index in [0.717, 1.165) is 50.4 Å². The van der Waals surface area contributed by atoms with Crippen LogP contribution in [0.2, 0.25) is 0 Å². The summed E-state index contributed by atoms with van der Waals surface area (Å²) in [5.74, 6) is 1.06. The van der Waals surface area contributed by atoms with Gasteiger partial charge in [0, 0.05) is 24.6 Å². The lowest BCUT2D eigenvalue weighted by atomic mass is 10.1. The van der Waals surface area contributed by atoms with E-state index >= 15 is 0 Å². The maximum absolute atomic E-state index is 12.8. The van der Waals surface area contributed by atoms with Crippen LogP contribution in [-0.2, 0) is 27.8 Å². The summed E-state index contributed by atoms with van der Waals surface area (Å²) in [6.45, 7) is 5.68. The number of hydrogen-bond donors (Lipinski definition) is 2. The Kier molecular flexibility index (Phi) is 6.34. The number of sulfonamides is 1. The Morgan fingerprint density at radius 3 is 2.41 bits per heavy atom. The lowest BCUT2D eigenvalue weighted by molar-refractivity contribution is -0.921. The molecule has 0 saturated carbocycles. The van der Waals surface area contributed by atoms with Crippen LogP contribution in [-0.4, -0.2) is 47.9 Å². The van der Waals surface area contributed by atoms with Gasteiger partial charge in [0.1, 0.15) is 19.6 Å². The SMILES string of the molecule is O=S(=O)(NCc1ccccc1C[NH+]1CCOCC1)c1ccc2c(c1)OCCCO2. The van der Waals surface area contributed by atoms with Crippen LogP contribution in [0.15, 0.2) is 47.4 Å². The third kappa shape index (κ3) is 5.08. The van der Waals surface area contributed by atoms with E-state index in [0.29, 0.717) is 24.7 Å². The molecular formula is C21H27N2O5S+. The Bertz CT molecular complexity index is 942. The average molecular weight is 420 g/mol. The number of ether oxygens (including phenoxy) is 3. The van der Waals surface area contributed by atoms with Crippen LogP contribution in [0.1, 0.15) is 17.5 Å².